The Labute approximate surface area is 205 Å². The molecule has 2 N–H and O–H groups in total. The number of aryl methyl sites for hydroxylation is 2. The van der Waals surface area contributed by atoms with Crippen LogP contribution in [-0.4, -0.2) is 31.1 Å². The minimum absolute atomic E-state index is 0.0843. The SMILES string of the molecule is O=C(O)c1cc(CCc2cccc(Cl)c2)nn1-c1cc(Cc2cccc3ccccc23)n[nH]c1=O. The van der Waals surface area contributed by atoms with E-state index in [-0.39, 0.29) is 11.4 Å². The summed E-state index contributed by atoms with van der Waals surface area (Å²) < 4.78 is 1.18. The van der Waals surface area contributed by atoms with Crippen molar-refractivity contribution in [3.63, 3.8) is 0 Å². The van der Waals surface area contributed by atoms with Gasteiger partial charge in [-0.1, -0.05) is 66.2 Å². The molecule has 0 spiro atoms. The molecule has 5 aromatic rings. The molecule has 0 aliphatic rings. The fourth-order valence-corrected chi connectivity index (χ4v) is 4.39. The molecule has 0 amide bonds. The summed E-state index contributed by atoms with van der Waals surface area (Å²) in [5.41, 5.74) is 2.74. The van der Waals surface area contributed by atoms with Gasteiger partial charge in [-0.25, -0.2) is 14.6 Å². The molecule has 174 valence electrons. The van der Waals surface area contributed by atoms with Gasteiger partial charge in [0.2, 0.25) is 0 Å². The number of nitrogens with zero attached hydrogens (tertiary/aromatic N) is 3. The first-order chi connectivity index (χ1) is 17.0. The molecule has 0 atom stereocenters. The highest BCUT2D eigenvalue weighted by molar-refractivity contribution is 6.30. The third-order valence-electron chi connectivity index (χ3n) is 5.85. The van der Waals surface area contributed by atoms with Crippen LogP contribution < -0.4 is 5.56 Å². The van der Waals surface area contributed by atoms with Crippen LogP contribution >= 0.6 is 11.6 Å². The summed E-state index contributed by atoms with van der Waals surface area (Å²) in [5, 5.41) is 23.8. The number of fused-ring (bicyclic) bond motifs is 1. The minimum atomic E-state index is -1.17. The fourth-order valence-electron chi connectivity index (χ4n) is 4.18. The van der Waals surface area contributed by atoms with Crippen molar-refractivity contribution in [2.45, 2.75) is 19.3 Å². The predicted molar refractivity (Wildman–Crippen MR) is 135 cm³/mol. The van der Waals surface area contributed by atoms with Crippen molar-refractivity contribution in [2.24, 2.45) is 0 Å². The van der Waals surface area contributed by atoms with E-state index in [0.717, 1.165) is 21.9 Å². The Hall–Kier alpha value is -4.23. The topological polar surface area (TPSA) is 101 Å². The van der Waals surface area contributed by atoms with Gasteiger partial charge in [0.15, 0.2) is 5.69 Å². The van der Waals surface area contributed by atoms with E-state index in [0.29, 0.717) is 35.7 Å². The Balaban J connectivity index is 1.47. The fraction of sp³-hybridized carbons (Fsp3) is 0.111. The smallest absolute Gasteiger partial charge is 0.354 e. The number of rotatable bonds is 7. The van der Waals surface area contributed by atoms with Gasteiger partial charge in [0.25, 0.3) is 5.56 Å². The summed E-state index contributed by atoms with van der Waals surface area (Å²) in [7, 11) is 0. The van der Waals surface area contributed by atoms with E-state index in [1.807, 2.05) is 60.7 Å². The molecule has 35 heavy (non-hydrogen) atoms. The zero-order valence-corrected chi connectivity index (χ0v) is 19.4. The Morgan fingerprint density at radius 1 is 0.943 bits per heavy atom. The third kappa shape index (κ3) is 4.85. The van der Waals surface area contributed by atoms with Crippen LogP contribution in [0.25, 0.3) is 16.5 Å². The lowest BCUT2D eigenvalue weighted by molar-refractivity contribution is 0.0687. The lowest BCUT2D eigenvalue weighted by atomic mass is 10.0. The summed E-state index contributed by atoms with van der Waals surface area (Å²) in [6, 6.07) is 24.7. The van der Waals surface area contributed by atoms with E-state index >= 15 is 0 Å². The Morgan fingerprint density at radius 2 is 1.74 bits per heavy atom. The average Bonchev–Trinajstić information content (AvgIpc) is 3.29. The van der Waals surface area contributed by atoms with E-state index in [1.54, 1.807) is 12.1 Å². The highest BCUT2D eigenvalue weighted by Crippen LogP contribution is 2.21. The van der Waals surface area contributed by atoms with Crippen LogP contribution in [0.15, 0.2) is 83.7 Å². The highest BCUT2D eigenvalue weighted by Gasteiger charge is 2.19. The zero-order valence-electron chi connectivity index (χ0n) is 18.6. The van der Waals surface area contributed by atoms with Crippen molar-refractivity contribution in [1.82, 2.24) is 20.0 Å². The molecule has 3 aromatic carbocycles. The summed E-state index contributed by atoms with van der Waals surface area (Å²) >= 11 is 6.06. The molecule has 5 rings (SSSR count). The van der Waals surface area contributed by atoms with Crippen molar-refractivity contribution >= 4 is 28.3 Å². The molecule has 0 bridgehead atoms. The van der Waals surface area contributed by atoms with E-state index in [2.05, 4.69) is 15.3 Å². The van der Waals surface area contributed by atoms with Crippen LogP contribution in [0.2, 0.25) is 5.02 Å². The first-order valence-electron chi connectivity index (χ1n) is 11.1. The quantitative estimate of drug-likeness (QED) is 0.344. The first-order valence-corrected chi connectivity index (χ1v) is 11.5. The molecule has 0 aliphatic heterocycles. The van der Waals surface area contributed by atoms with Crippen LogP contribution in [0.1, 0.15) is 33.0 Å². The number of carboxylic acid groups (broad SMARTS) is 1. The largest absolute Gasteiger partial charge is 0.477 e. The van der Waals surface area contributed by atoms with Crippen LogP contribution in [0.5, 0.6) is 0 Å². The lowest BCUT2D eigenvalue weighted by Gasteiger charge is -2.08. The molecule has 0 fully saturated rings. The second-order valence-electron chi connectivity index (χ2n) is 8.26. The number of aromatic amines is 1. The van der Waals surface area contributed by atoms with Gasteiger partial charge >= 0.3 is 5.97 Å². The van der Waals surface area contributed by atoms with Crippen molar-refractivity contribution in [1.29, 1.82) is 0 Å². The molecule has 0 saturated carbocycles. The molecule has 0 unspecified atom stereocenters. The molecule has 2 aromatic heterocycles. The van der Waals surface area contributed by atoms with Gasteiger partial charge in [0.1, 0.15) is 5.69 Å². The molecule has 0 aliphatic carbocycles. The number of H-pyrrole nitrogens is 1. The van der Waals surface area contributed by atoms with Crippen LogP contribution in [0, 0.1) is 0 Å². The first kappa shape index (κ1) is 22.6. The third-order valence-corrected chi connectivity index (χ3v) is 6.09. The minimum Gasteiger partial charge on any atom is -0.477 e. The van der Waals surface area contributed by atoms with Crippen molar-refractivity contribution in [2.75, 3.05) is 0 Å². The molecule has 0 saturated heterocycles. The van der Waals surface area contributed by atoms with E-state index in [1.165, 1.54) is 10.7 Å². The molecule has 0 radical (unpaired) electrons. The number of aromatic carboxylic acids is 1. The Bertz CT molecular complexity index is 1600. The van der Waals surface area contributed by atoms with Gasteiger partial charge in [-0.2, -0.15) is 10.2 Å². The number of benzene rings is 3. The maximum atomic E-state index is 12.7. The van der Waals surface area contributed by atoms with Gasteiger partial charge in [0, 0.05) is 11.4 Å². The van der Waals surface area contributed by atoms with Crippen LogP contribution in [-0.2, 0) is 19.3 Å². The zero-order chi connectivity index (χ0) is 24.4. The number of aromatic nitrogens is 4. The molecule has 2 heterocycles. The molecular weight excluding hydrogens is 464 g/mol. The van der Waals surface area contributed by atoms with Crippen LogP contribution in [0.4, 0.5) is 0 Å². The van der Waals surface area contributed by atoms with Gasteiger partial charge in [-0.3, -0.25) is 4.79 Å². The predicted octanol–water partition coefficient (Wildman–Crippen LogP) is 4.84. The summed E-state index contributed by atoms with van der Waals surface area (Å²) in [6.07, 6.45) is 1.60. The summed E-state index contributed by atoms with van der Waals surface area (Å²) in [6.45, 7) is 0. The standard InChI is InChI=1S/C27H21ClN4O3/c28-20-9-3-5-17(13-20)11-12-21-15-25(27(34)35)32(31-21)24-16-22(29-30-26(24)33)14-19-8-4-7-18-6-1-2-10-23(18)19/h1-10,13,15-16H,11-12,14H2,(H,30,33)(H,34,35). The van der Waals surface area contributed by atoms with Crippen molar-refractivity contribution in [3.05, 3.63) is 122 Å². The Morgan fingerprint density at radius 3 is 2.57 bits per heavy atom. The molecular formula is C27H21ClN4O3. The maximum absolute atomic E-state index is 12.7. The van der Waals surface area contributed by atoms with Gasteiger partial charge in [0.05, 0.1) is 11.4 Å². The summed E-state index contributed by atoms with van der Waals surface area (Å²) in [5.74, 6) is -1.17. The van der Waals surface area contributed by atoms with Gasteiger partial charge in [-0.15, -0.1) is 0 Å². The average molecular weight is 485 g/mol. The number of carboxylic acids is 1. The van der Waals surface area contributed by atoms with Crippen LogP contribution in [0.3, 0.4) is 0 Å². The molecule has 7 nitrogen and oxygen atoms in total. The number of hydrogen-bond acceptors (Lipinski definition) is 4. The second kappa shape index (κ2) is 9.56. The second-order valence-corrected chi connectivity index (χ2v) is 8.69. The Kier molecular flexibility index (Phi) is 6.16. The highest BCUT2D eigenvalue weighted by atomic mass is 35.5. The number of nitrogens with one attached hydrogen (secondary N) is 1. The maximum Gasteiger partial charge on any atom is 0.354 e. The lowest BCUT2D eigenvalue weighted by Crippen LogP contribution is -2.21. The monoisotopic (exact) mass is 484 g/mol. The summed E-state index contributed by atoms with van der Waals surface area (Å²) in [4.78, 5) is 24.6. The normalized spacial score (nSPS) is 11.1. The van der Waals surface area contributed by atoms with E-state index < -0.39 is 11.5 Å². The number of carbonyl (C=O) groups is 1. The molecule has 8 heteroatoms. The van der Waals surface area contributed by atoms with E-state index in [4.69, 9.17) is 11.6 Å². The number of hydrogen-bond donors (Lipinski definition) is 2. The van der Waals surface area contributed by atoms with Gasteiger partial charge < -0.3 is 5.11 Å². The number of halogens is 1. The van der Waals surface area contributed by atoms with E-state index in [9.17, 15) is 14.7 Å². The van der Waals surface area contributed by atoms with Crippen molar-refractivity contribution < 1.29 is 9.90 Å². The van der Waals surface area contributed by atoms with Gasteiger partial charge in [-0.05, 0) is 59.0 Å². The van der Waals surface area contributed by atoms with Crippen molar-refractivity contribution in [3.8, 4) is 5.69 Å².